The van der Waals surface area contributed by atoms with Crippen LogP contribution in [0, 0.1) is 13.8 Å². The van der Waals surface area contributed by atoms with Crippen molar-refractivity contribution in [1.82, 2.24) is 5.32 Å². The van der Waals surface area contributed by atoms with E-state index < -0.39 is 0 Å². The Kier molecular flexibility index (Phi) is 7.54. The molecule has 0 saturated carbocycles. The lowest BCUT2D eigenvalue weighted by molar-refractivity contribution is 0.598. The summed E-state index contributed by atoms with van der Waals surface area (Å²) in [6.45, 7) is 6.53. The summed E-state index contributed by atoms with van der Waals surface area (Å²) in [5.41, 5.74) is 4.27. The van der Waals surface area contributed by atoms with Crippen molar-refractivity contribution in [3.63, 3.8) is 0 Å². The summed E-state index contributed by atoms with van der Waals surface area (Å²) in [7, 11) is 0. The minimum absolute atomic E-state index is 1.01. The first-order valence-electron chi connectivity index (χ1n) is 6.57. The highest BCUT2D eigenvalue weighted by Crippen LogP contribution is 2.12. The monoisotopic (exact) mass is 297 g/mol. The van der Waals surface area contributed by atoms with Crippen LogP contribution in [0.1, 0.15) is 42.4 Å². The molecule has 1 aromatic rings. The minimum atomic E-state index is 1.01. The Hall–Kier alpha value is -0.340. The van der Waals surface area contributed by atoms with Gasteiger partial charge in [-0.05, 0) is 49.9 Å². The van der Waals surface area contributed by atoms with Crippen molar-refractivity contribution >= 4 is 15.9 Å². The predicted molar refractivity (Wildman–Crippen MR) is 79.9 cm³/mol. The molecule has 0 fully saturated rings. The molecular formula is C15H24BrN. The highest BCUT2D eigenvalue weighted by Gasteiger charge is 2.00. The van der Waals surface area contributed by atoms with E-state index >= 15 is 0 Å². The Balaban J connectivity index is 2.18. The molecule has 0 heterocycles. The Bertz CT molecular complexity index is 302. The maximum absolute atomic E-state index is 3.55. The largest absolute Gasteiger partial charge is 0.313 e. The van der Waals surface area contributed by atoms with E-state index in [1.807, 2.05) is 0 Å². The topological polar surface area (TPSA) is 12.0 Å². The van der Waals surface area contributed by atoms with Gasteiger partial charge in [-0.1, -0.05) is 47.0 Å². The molecule has 1 nitrogen and oxygen atoms in total. The van der Waals surface area contributed by atoms with E-state index in [0.717, 1.165) is 18.4 Å². The smallest absolute Gasteiger partial charge is 0.0210 e. The molecule has 0 saturated heterocycles. The van der Waals surface area contributed by atoms with E-state index in [4.69, 9.17) is 0 Å². The fourth-order valence-electron chi connectivity index (χ4n) is 2.04. The Morgan fingerprint density at radius 1 is 1.00 bits per heavy atom. The first-order chi connectivity index (χ1) is 8.25. The van der Waals surface area contributed by atoms with Crippen LogP contribution in [-0.2, 0) is 6.54 Å². The number of rotatable bonds is 8. The molecule has 0 aliphatic rings. The van der Waals surface area contributed by atoms with Crippen LogP contribution in [0.25, 0.3) is 0 Å². The van der Waals surface area contributed by atoms with E-state index in [9.17, 15) is 0 Å². The number of alkyl halides is 1. The number of nitrogens with one attached hydrogen (secondary N) is 1. The van der Waals surface area contributed by atoms with Crippen LogP contribution in [0.15, 0.2) is 18.2 Å². The second kappa shape index (κ2) is 8.71. The number of hydrogen-bond donors (Lipinski definition) is 1. The van der Waals surface area contributed by atoms with E-state index in [2.05, 4.69) is 53.3 Å². The maximum atomic E-state index is 3.55. The lowest BCUT2D eigenvalue weighted by Crippen LogP contribution is -2.16. The zero-order valence-electron chi connectivity index (χ0n) is 11.1. The van der Waals surface area contributed by atoms with Gasteiger partial charge in [-0.15, -0.1) is 0 Å². The van der Waals surface area contributed by atoms with Crippen LogP contribution in [0.3, 0.4) is 0 Å². The molecule has 1 aromatic carbocycles. The lowest BCUT2D eigenvalue weighted by atomic mass is 10.0. The van der Waals surface area contributed by atoms with Crippen molar-refractivity contribution in [1.29, 1.82) is 0 Å². The van der Waals surface area contributed by atoms with Gasteiger partial charge in [0.15, 0.2) is 0 Å². The van der Waals surface area contributed by atoms with Gasteiger partial charge < -0.3 is 5.32 Å². The summed E-state index contributed by atoms with van der Waals surface area (Å²) < 4.78 is 0. The molecule has 0 bridgehead atoms. The van der Waals surface area contributed by atoms with Gasteiger partial charge >= 0.3 is 0 Å². The Morgan fingerprint density at radius 3 is 2.29 bits per heavy atom. The summed E-state index contributed by atoms with van der Waals surface area (Å²) in [6, 6.07) is 6.52. The van der Waals surface area contributed by atoms with Crippen LogP contribution in [0.4, 0.5) is 0 Å². The summed E-state index contributed by atoms with van der Waals surface area (Å²) in [5.74, 6) is 0. The quantitative estimate of drug-likeness (QED) is 0.556. The van der Waals surface area contributed by atoms with Crippen molar-refractivity contribution in [2.75, 3.05) is 11.9 Å². The van der Waals surface area contributed by atoms with Crippen molar-refractivity contribution in [3.8, 4) is 0 Å². The third kappa shape index (κ3) is 5.69. The van der Waals surface area contributed by atoms with Crippen molar-refractivity contribution in [3.05, 3.63) is 34.9 Å². The maximum Gasteiger partial charge on any atom is 0.0210 e. The summed E-state index contributed by atoms with van der Waals surface area (Å²) in [5, 5.41) is 4.69. The zero-order chi connectivity index (χ0) is 12.5. The van der Waals surface area contributed by atoms with Crippen molar-refractivity contribution in [2.45, 2.75) is 46.1 Å². The second-order valence-corrected chi connectivity index (χ2v) is 5.44. The van der Waals surface area contributed by atoms with Crippen LogP contribution >= 0.6 is 15.9 Å². The highest BCUT2D eigenvalue weighted by atomic mass is 79.9. The molecule has 2 heteroatoms. The molecule has 0 aromatic heterocycles. The molecule has 0 radical (unpaired) electrons. The summed E-state index contributed by atoms with van der Waals surface area (Å²) in [6.07, 6.45) is 5.27. The molecule has 0 aliphatic heterocycles. The minimum Gasteiger partial charge on any atom is -0.313 e. The molecule has 0 unspecified atom stereocenters. The number of aryl methyl sites for hydroxylation is 2. The van der Waals surface area contributed by atoms with E-state index in [-0.39, 0.29) is 0 Å². The van der Waals surface area contributed by atoms with E-state index in [0.29, 0.717) is 0 Å². The van der Waals surface area contributed by atoms with E-state index in [1.165, 1.54) is 42.4 Å². The van der Waals surface area contributed by atoms with Gasteiger partial charge in [-0.25, -0.2) is 0 Å². The molecule has 0 atom stereocenters. The average Bonchev–Trinajstić information content (AvgIpc) is 2.31. The Morgan fingerprint density at radius 2 is 1.65 bits per heavy atom. The third-order valence-electron chi connectivity index (χ3n) is 3.18. The SMILES string of the molecule is Cc1cccc(C)c1CNCCCCCCBr. The molecule has 0 amide bonds. The molecule has 0 spiro atoms. The van der Waals surface area contributed by atoms with Gasteiger partial charge in [-0.3, -0.25) is 0 Å². The van der Waals surface area contributed by atoms with Gasteiger partial charge in [0.05, 0.1) is 0 Å². The molecule has 17 heavy (non-hydrogen) atoms. The summed E-state index contributed by atoms with van der Waals surface area (Å²) in [4.78, 5) is 0. The third-order valence-corrected chi connectivity index (χ3v) is 3.74. The average molecular weight is 298 g/mol. The lowest BCUT2D eigenvalue weighted by Gasteiger charge is -2.10. The summed E-state index contributed by atoms with van der Waals surface area (Å²) >= 11 is 3.46. The molecular weight excluding hydrogens is 274 g/mol. The van der Waals surface area contributed by atoms with Gasteiger partial charge in [0, 0.05) is 11.9 Å². The van der Waals surface area contributed by atoms with Gasteiger partial charge in [-0.2, -0.15) is 0 Å². The Labute approximate surface area is 114 Å². The first kappa shape index (κ1) is 14.7. The van der Waals surface area contributed by atoms with Crippen LogP contribution in [0.2, 0.25) is 0 Å². The predicted octanol–water partition coefficient (Wildman–Crippen LogP) is 4.35. The fraction of sp³-hybridized carbons (Fsp3) is 0.600. The van der Waals surface area contributed by atoms with Crippen LogP contribution in [0.5, 0.6) is 0 Å². The van der Waals surface area contributed by atoms with Gasteiger partial charge in [0.1, 0.15) is 0 Å². The number of unbranched alkanes of at least 4 members (excludes halogenated alkanes) is 3. The zero-order valence-corrected chi connectivity index (χ0v) is 12.6. The standard InChI is InChI=1S/C15H24BrN/c1-13-8-7-9-14(2)15(13)12-17-11-6-4-3-5-10-16/h7-9,17H,3-6,10-12H2,1-2H3. The van der Waals surface area contributed by atoms with Gasteiger partial charge in [0.2, 0.25) is 0 Å². The van der Waals surface area contributed by atoms with Gasteiger partial charge in [0.25, 0.3) is 0 Å². The number of halogens is 1. The second-order valence-electron chi connectivity index (χ2n) is 4.65. The van der Waals surface area contributed by atoms with Crippen molar-refractivity contribution in [2.24, 2.45) is 0 Å². The fourth-order valence-corrected chi connectivity index (χ4v) is 2.44. The number of hydrogen-bond acceptors (Lipinski definition) is 1. The molecule has 1 N–H and O–H groups in total. The van der Waals surface area contributed by atoms with E-state index in [1.54, 1.807) is 0 Å². The highest BCUT2D eigenvalue weighted by molar-refractivity contribution is 9.09. The first-order valence-corrected chi connectivity index (χ1v) is 7.69. The molecule has 96 valence electrons. The van der Waals surface area contributed by atoms with Crippen LogP contribution in [-0.4, -0.2) is 11.9 Å². The number of benzene rings is 1. The van der Waals surface area contributed by atoms with Crippen LogP contribution < -0.4 is 5.32 Å². The molecule has 0 aliphatic carbocycles. The normalized spacial score (nSPS) is 10.8. The van der Waals surface area contributed by atoms with Crippen molar-refractivity contribution < 1.29 is 0 Å². The molecule has 1 rings (SSSR count).